The minimum absolute atomic E-state index is 0. The van der Waals surface area contributed by atoms with Crippen molar-refractivity contribution in [2.24, 2.45) is 0 Å². The first-order valence-corrected chi connectivity index (χ1v) is 2.72. The second kappa shape index (κ2) is 4.37. The van der Waals surface area contributed by atoms with Crippen LogP contribution in [0.1, 0.15) is 11.5 Å². The molecule has 1 rings (SSSR count). The molecule has 1 heterocycles. The maximum Gasteiger partial charge on any atom is 0.123 e. The molecular formula is C6H7N2OPd-. The van der Waals surface area contributed by atoms with E-state index in [-0.39, 0.29) is 20.4 Å². The summed E-state index contributed by atoms with van der Waals surface area (Å²) < 4.78 is 0. The quantitative estimate of drug-likeness (QED) is 0.533. The SMILES string of the molecule is Cc1cnc(CC=O)[n-]1.[Pd]. The van der Waals surface area contributed by atoms with E-state index < -0.39 is 0 Å². The summed E-state index contributed by atoms with van der Waals surface area (Å²) in [6.45, 7) is 1.85. The minimum atomic E-state index is 0. The zero-order valence-corrected chi connectivity index (χ0v) is 7.04. The number of nitrogens with zero attached hydrogens (tertiary/aromatic N) is 2. The Labute approximate surface area is 72.9 Å². The zero-order chi connectivity index (χ0) is 6.69. The van der Waals surface area contributed by atoms with E-state index in [0.29, 0.717) is 12.2 Å². The van der Waals surface area contributed by atoms with Gasteiger partial charge in [-0.2, -0.15) is 0 Å². The van der Waals surface area contributed by atoms with E-state index in [9.17, 15) is 4.79 Å². The molecular weight excluding hydrogens is 222 g/mol. The fourth-order valence-electron chi connectivity index (χ4n) is 0.602. The number of rotatable bonds is 2. The number of carbonyl (C=O) groups is 1. The Morgan fingerprint density at radius 1 is 1.80 bits per heavy atom. The first-order valence-electron chi connectivity index (χ1n) is 2.72. The summed E-state index contributed by atoms with van der Waals surface area (Å²) >= 11 is 0. The van der Waals surface area contributed by atoms with Gasteiger partial charge in [0.05, 0.1) is 0 Å². The van der Waals surface area contributed by atoms with E-state index in [1.54, 1.807) is 6.20 Å². The van der Waals surface area contributed by atoms with Gasteiger partial charge in [-0.3, -0.25) is 0 Å². The van der Waals surface area contributed by atoms with Crippen molar-refractivity contribution in [3.05, 3.63) is 17.7 Å². The van der Waals surface area contributed by atoms with E-state index in [2.05, 4.69) is 9.97 Å². The molecule has 0 bridgehead atoms. The van der Waals surface area contributed by atoms with Crippen LogP contribution in [0.2, 0.25) is 0 Å². The number of hydrogen-bond acceptors (Lipinski definition) is 2. The molecule has 0 aromatic carbocycles. The molecule has 0 amide bonds. The molecule has 3 nitrogen and oxygen atoms in total. The Bertz CT molecular complexity index is 209. The number of aryl methyl sites for hydroxylation is 1. The minimum Gasteiger partial charge on any atom is -0.446 e. The van der Waals surface area contributed by atoms with Crippen molar-refractivity contribution in [3.63, 3.8) is 0 Å². The molecule has 4 heteroatoms. The van der Waals surface area contributed by atoms with E-state index in [0.717, 1.165) is 12.0 Å². The number of imidazole rings is 1. The summed E-state index contributed by atoms with van der Waals surface area (Å²) in [5.74, 6) is 0.613. The third kappa shape index (κ3) is 2.42. The molecule has 0 aliphatic carbocycles. The van der Waals surface area contributed by atoms with Crippen LogP contribution in [0.25, 0.3) is 0 Å². The molecule has 58 valence electrons. The van der Waals surface area contributed by atoms with Gasteiger partial charge in [0, 0.05) is 26.8 Å². The summed E-state index contributed by atoms with van der Waals surface area (Å²) in [5.41, 5.74) is 0.867. The van der Waals surface area contributed by atoms with Gasteiger partial charge >= 0.3 is 0 Å². The monoisotopic (exact) mass is 229 g/mol. The van der Waals surface area contributed by atoms with Crippen molar-refractivity contribution in [2.75, 3.05) is 0 Å². The average molecular weight is 230 g/mol. The molecule has 1 aromatic rings. The van der Waals surface area contributed by atoms with Crippen LogP contribution in [0, 0.1) is 6.92 Å². The fourth-order valence-corrected chi connectivity index (χ4v) is 0.602. The molecule has 10 heavy (non-hydrogen) atoms. The van der Waals surface area contributed by atoms with Crippen molar-refractivity contribution in [1.82, 2.24) is 9.97 Å². The number of hydrogen-bond donors (Lipinski definition) is 0. The number of carbonyl (C=O) groups excluding carboxylic acids is 1. The Kier molecular flexibility index (Phi) is 4.17. The predicted molar refractivity (Wildman–Crippen MR) is 32.1 cm³/mol. The fraction of sp³-hybridized carbons (Fsp3) is 0.333. The largest absolute Gasteiger partial charge is 0.446 e. The zero-order valence-electron chi connectivity index (χ0n) is 5.48. The van der Waals surface area contributed by atoms with Gasteiger partial charge < -0.3 is 14.8 Å². The first-order chi connectivity index (χ1) is 4.33. The molecule has 0 saturated heterocycles. The maximum atomic E-state index is 9.90. The molecule has 1 aromatic heterocycles. The second-order valence-electron chi connectivity index (χ2n) is 1.80. The van der Waals surface area contributed by atoms with E-state index in [4.69, 9.17) is 0 Å². The van der Waals surface area contributed by atoms with Crippen molar-refractivity contribution in [2.45, 2.75) is 13.3 Å². The number of aldehydes is 1. The average Bonchev–Trinajstić information content (AvgIpc) is 2.17. The molecule has 0 aliphatic rings. The molecule has 0 radical (unpaired) electrons. The van der Waals surface area contributed by atoms with Crippen LogP contribution in [0.3, 0.4) is 0 Å². The van der Waals surface area contributed by atoms with Gasteiger partial charge in [0.2, 0.25) is 0 Å². The van der Waals surface area contributed by atoms with Crippen molar-refractivity contribution in [3.8, 4) is 0 Å². The standard InChI is InChI=1S/C6H7N2O.Pd/c1-5-4-7-6(8-5)2-3-9;/h3-4H,2H2,1H3;/q-1;. The molecule has 0 N–H and O–H groups in total. The van der Waals surface area contributed by atoms with Crippen LogP contribution in [0.15, 0.2) is 6.20 Å². The van der Waals surface area contributed by atoms with Crippen molar-refractivity contribution < 1.29 is 25.2 Å². The third-order valence-electron chi connectivity index (χ3n) is 0.972. The molecule has 0 saturated carbocycles. The van der Waals surface area contributed by atoms with Crippen molar-refractivity contribution in [1.29, 1.82) is 0 Å². The van der Waals surface area contributed by atoms with Gasteiger partial charge in [-0.15, -0.1) is 0 Å². The van der Waals surface area contributed by atoms with Gasteiger partial charge in [-0.05, 0) is 6.92 Å². The predicted octanol–water partition coefficient (Wildman–Crippen LogP) is 0.0861. The molecule has 0 fully saturated rings. The third-order valence-corrected chi connectivity index (χ3v) is 0.972. The smallest absolute Gasteiger partial charge is 0.123 e. The topological polar surface area (TPSA) is 44.1 Å². The van der Waals surface area contributed by atoms with Crippen LogP contribution in [-0.2, 0) is 31.6 Å². The molecule has 0 spiro atoms. The van der Waals surface area contributed by atoms with Crippen molar-refractivity contribution >= 4 is 6.29 Å². The van der Waals surface area contributed by atoms with Gasteiger partial charge in [0.15, 0.2) is 0 Å². The summed E-state index contributed by atoms with van der Waals surface area (Å²) in [5, 5.41) is 0. The van der Waals surface area contributed by atoms with E-state index in [1.807, 2.05) is 6.92 Å². The van der Waals surface area contributed by atoms with E-state index >= 15 is 0 Å². The van der Waals surface area contributed by atoms with Crippen LogP contribution in [0.4, 0.5) is 0 Å². The molecule has 0 unspecified atom stereocenters. The molecule has 0 atom stereocenters. The van der Waals surface area contributed by atoms with Gasteiger partial charge in [-0.25, -0.2) is 0 Å². The molecule has 0 aliphatic heterocycles. The van der Waals surface area contributed by atoms with Gasteiger partial charge in [-0.1, -0.05) is 17.7 Å². The summed E-state index contributed by atoms with van der Waals surface area (Å²) in [6, 6.07) is 0. The van der Waals surface area contributed by atoms with E-state index in [1.165, 1.54) is 0 Å². The number of aromatic nitrogens is 2. The second-order valence-corrected chi connectivity index (χ2v) is 1.80. The van der Waals surface area contributed by atoms with Crippen LogP contribution in [0.5, 0.6) is 0 Å². The maximum absolute atomic E-state index is 9.90. The summed E-state index contributed by atoms with van der Waals surface area (Å²) in [4.78, 5) is 17.7. The van der Waals surface area contributed by atoms with Gasteiger partial charge in [0.1, 0.15) is 6.29 Å². The van der Waals surface area contributed by atoms with Crippen LogP contribution >= 0.6 is 0 Å². The Morgan fingerprint density at radius 3 is 2.90 bits per heavy atom. The normalized spacial score (nSPS) is 8.50. The van der Waals surface area contributed by atoms with Crippen LogP contribution in [-0.4, -0.2) is 11.3 Å². The Hall–Kier alpha value is -0.458. The summed E-state index contributed by atoms with van der Waals surface area (Å²) in [7, 11) is 0. The van der Waals surface area contributed by atoms with Crippen LogP contribution < -0.4 is 4.98 Å². The Balaban J connectivity index is 0.000000810. The van der Waals surface area contributed by atoms with Gasteiger partial charge in [0.25, 0.3) is 0 Å². The Morgan fingerprint density at radius 2 is 2.50 bits per heavy atom. The summed E-state index contributed by atoms with van der Waals surface area (Å²) in [6.07, 6.45) is 2.78. The first kappa shape index (κ1) is 9.54.